The van der Waals surface area contributed by atoms with Gasteiger partial charge in [-0.05, 0) is 61.4 Å². The molecule has 2 aromatic carbocycles. The average molecular weight is 700 g/mol. The number of halogens is 2. The summed E-state index contributed by atoms with van der Waals surface area (Å²) >= 11 is 14.2. The SMILES string of the molecule is COc1nc(-c2cccc(-c3ccnc(-c4ccc5c(c4)CCCC5NC[C@@H]4CCC(=O)N4)c3Cl)c2Cl)ccc1CNC[C@H]1CCC(=O)N1. The molecular formula is C38H40Cl2N6O3. The molecule has 3 atom stereocenters. The lowest BCUT2D eigenvalue weighted by molar-refractivity contribution is -0.120. The molecule has 3 aliphatic rings. The first-order chi connectivity index (χ1) is 23.9. The monoisotopic (exact) mass is 698 g/mol. The maximum Gasteiger partial charge on any atom is 0.220 e. The molecule has 1 aliphatic carbocycles. The van der Waals surface area contributed by atoms with Crippen molar-refractivity contribution in [1.29, 1.82) is 0 Å². The van der Waals surface area contributed by atoms with Gasteiger partial charge in [0.2, 0.25) is 17.7 Å². The van der Waals surface area contributed by atoms with Crippen LogP contribution in [0.15, 0.2) is 60.8 Å². The van der Waals surface area contributed by atoms with Gasteiger partial charge in [-0.25, -0.2) is 4.98 Å². The van der Waals surface area contributed by atoms with Crippen molar-refractivity contribution in [2.75, 3.05) is 20.2 Å². The van der Waals surface area contributed by atoms with E-state index >= 15 is 0 Å². The highest BCUT2D eigenvalue weighted by Crippen LogP contribution is 2.42. The third kappa shape index (κ3) is 7.31. The quantitative estimate of drug-likeness (QED) is 0.143. The number of aryl methyl sites for hydroxylation is 1. The summed E-state index contributed by atoms with van der Waals surface area (Å²) < 4.78 is 5.66. The van der Waals surface area contributed by atoms with Crippen LogP contribution in [0.4, 0.5) is 0 Å². The third-order valence-electron chi connectivity index (χ3n) is 9.80. The molecule has 2 aliphatic heterocycles. The molecule has 4 N–H and O–H groups in total. The van der Waals surface area contributed by atoms with E-state index in [-0.39, 0.29) is 29.9 Å². The first kappa shape index (κ1) is 33.5. The highest BCUT2D eigenvalue weighted by Gasteiger charge is 2.26. The van der Waals surface area contributed by atoms with Crippen LogP contribution in [-0.4, -0.2) is 54.1 Å². The molecule has 9 nitrogen and oxygen atoms in total. The standard InChI is InChI=1S/C38H40Cl2N6O3/c1-49-38-24(19-41-20-25-10-14-33(47)44-25)9-13-32(46-38)30-6-3-5-28(35(30)39)29-16-17-42-37(36(29)40)23-8-12-27-22(18-23)4-2-7-31(27)43-21-26-11-15-34(48)45-26/h3,5-6,8-9,12-13,16-18,25-26,31,41,43H,2,4,7,10-11,14-15,19-21H2,1H3,(H,44,47)(H,45,48)/t25-,26+,31?/m1/s1. The van der Waals surface area contributed by atoms with Crippen LogP contribution < -0.4 is 26.0 Å². The zero-order chi connectivity index (χ0) is 33.9. The number of nitrogens with one attached hydrogen (secondary N) is 4. The summed E-state index contributed by atoms with van der Waals surface area (Å²) in [5.74, 6) is 0.762. The van der Waals surface area contributed by atoms with Crippen molar-refractivity contribution in [3.05, 3.63) is 87.5 Å². The summed E-state index contributed by atoms with van der Waals surface area (Å²) in [6.45, 7) is 2.02. The maximum absolute atomic E-state index is 11.6. The van der Waals surface area contributed by atoms with E-state index in [1.54, 1.807) is 13.3 Å². The lowest BCUT2D eigenvalue weighted by Gasteiger charge is -2.28. The Balaban J connectivity index is 1.10. The van der Waals surface area contributed by atoms with Crippen molar-refractivity contribution in [2.45, 2.75) is 69.6 Å². The predicted molar refractivity (Wildman–Crippen MR) is 193 cm³/mol. The zero-order valence-electron chi connectivity index (χ0n) is 27.5. The second kappa shape index (κ2) is 14.8. The number of benzene rings is 2. The minimum Gasteiger partial charge on any atom is -0.481 e. The molecule has 0 radical (unpaired) electrons. The second-order valence-electron chi connectivity index (χ2n) is 13.1. The number of carbonyl (C=O) groups is 2. The van der Waals surface area contributed by atoms with Gasteiger partial charge in [-0.1, -0.05) is 59.6 Å². The van der Waals surface area contributed by atoms with Crippen LogP contribution in [0.25, 0.3) is 33.6 Å². The number of hydrogen-bond donors (Lipinski definition) is 4. The van der Waals surface area contributed by atoms with Crippen LogP contribution >= 0.6 is 23.2 Å². The van der Waals surface area contributed by atoms with Gasteiger partial charge in [0.05, 0.1) is 28.5 Å². The van der Waals surface area contributed by atoms with Crippen LogP contribution in [0.3, 0.4) is 0 Å². The molecule has 4 heterocycles. The van der Waals surface area contributed by atoms with Gasteiger partial charge in [-0.2, -0.15) is 0 Å². The number of rotatable bonds is 11. The molecule has 2 amide bonds. The van der Waals surface area contributed by atoms with Gasteiger partial charge in [0.15, 0.2) is 0 Å². The van der Waals surface area contributed by atoms with Gasteiger partial charge < -0.3 is 26.0 Å². The molecule has 2 fully saturated rings. The van der Waals surface area contributed by atoms with Gasteiger partial charge in [-0.3, -0.25) is 14.6 Å². The molecule has 7 rings (SSSR count). The molecule has 2 saturated heterocycles. The number of methoxy groups -OCH3 is 1. The van der Waals surface area contributed by atoms with Gasteiger partial charge in [0.1, 0.15) is 0 Å². The van der Waals surface area contributed by atoms with Crippen molar-refractivity contribution in [1.82, 2.24) is 31.2 Å². The van der Waals surface area contributed by atoms with E-state index < -0.39 is 0 Å². The van der Waals surface area contributed by atoms with E-state index in [0.717, 1.165) is 66.5 Å². The van der Waals surface area contributed by atoms with E-state index in [1.165, 1.54) is 11.1 Å². The van der Waals surface area contributed by atoms with Gasteiger partial charge in [0, 0.05) is 84.6 Å². The summed E-state index contributed by atoms with van der Waals surface area (Å²) in [6, 6.07) is 18.8. The van der Waals surface area contributed by atoms with Crippen molar-refractivity contribution in [2.24, 2.45) is 0 Å². The molecule has 0 bridgehead atoms. The zero-order valence-corrected chi connectivity index (χ0v) is 29.0. The van der Waals surface area contributed by atoms with Crippen molar-refractivity contribution in [3.8, 4) is 39.5 Å². The summed E-state index contributed by atoms with van der Waals surface area (Å²) in [7, 11) is 1.61. The minimum atomic E-state index is 0.105. The summed E-state index contributed by atoms with van der Waals surface area (Å²) in [5, 5.41) is 14.2. The first-order valence-corrected chi connectivity index (χ1v) is 17.8. The Kier molecular flexibility index (Phi) is 10.1. The van der Waals surface area contributed by atoms with Crippen molar-refractivity contribution in [3.63, 3.8) is 0 Å². The fraction of sp³-hybridized carbons (Fsp3) is 0.368. The van der Waals surface area contributed by atoms with E-state index in [9.17, 15) is 9.59 Å². The molecule has 49 heavy (non-hydrogen) atoms. The predicted octanol–water partition coefficient (Wildman–Crippen LogP) is 6.41. The number of amides is 2. The summed E-state index contributed by atoms with van der Waals surface area (Å²) in [4.78, 5) is 32.7. The normalized spacial score (nSPS) is 20.2. The fourth-order valence-electron chi connectivity index (χ4n) is 7.22. The topological polar surface area (TPSA) is 117 Å². The average Bonchev–Trinajstić information content (AvgIpc) is 3.74. The van der Waals surface area contributed by atoms with Crippen LogP contribution in [0.5, 0.6) is 5.88 Å². The van der Waals surface area contributed by atoms with Gasteiger partial charge in [-0.15, -0.1) is 0 Å². The number of nitrogens with zero attached hydrogens (tertiary/aromatic N) is 2. The number of aromatic nitrogens is 2. The molecule has 254 valence electrons. The van der Waals surface area contributed by atoms with Gasteiger partial charge in [0.25, 0.3) is 0 Å². The largest absolute Gasteiger partial charge is 0.481 e. The number of carbonyl (C=O) groups excluding carboxylic acids is 2. The van der Waals surface area contributed by atoms with E-state index in [1.807, 2.05) is 36.4 Å². The molecular weight excluding hydrogens is 659 g/mol. The fourth-order valence-corrected chi connectivity index (χ4v) is 7.87. The van der Waals surface area contributed by atoms with E-state index in [2.05, 4.69) is 39.5 Å². The highest BCUT2D eigenvalue weighted by atomic mass is 35.5. The highest BCUT2D eigenvalue weighted by molar-refractivity contribution is 6.39. The Morgan fingerprint density at radius 1 is 0.857 bits per heavy atom. The molecule has 11 heteroatoms. The van der Waals surface area contributed by atoms with Crippen LogP contribution in [0, 0.1) is 0 Å². The van der Waals surface area contributed by atoms with Crippen molar-refractivity contribution >= 4 is 35.0 Å². The third-order valence-corrected chi connectivity index (χ3v) is 10.6. The lowest BCUT2D eigenvalue weighted by atomic mass is 9.86. The van der Waals surface area contributed by atoms with E-state index in [4.69, 9.17) is 37.9 Å². The molecule has 2 aromatic heterocycles. The smallest absolute Gasteiger partial charge is 0.220 e. The van der Waals surface area contributed by atoms with Crippen LogP contribution in [-0.2, 0) is 22.6 Å². The number of hydrogen-bond acceptors (Lipinski definition) is 7. The van der Waals surface area contributed by atoms with Crippen LogP contribution in [0.1, 0.15) is 61.3 Å². The summed E-state index contributed by atoms with van der Waals surface area (Å²) in [5.41, 5.74) is 8.23. The van der Waals surface area contributed by atoms with Crippen LogP contribution in [0.2, 0.25) is 10.0 Å². The number of ether oxygens (including phenoxy) is 1. The van der Waals surface area contributed by atoms with E-state index in [0.29, 0.717) is 53.2 Å². The Morgan fingerprint density at radius 2 is 1.61 bits per heavy atom. The molecule has 0 saturated carbocycles. The Hall–Kier alpha value is -4.02. The second-order valence-corrected chi connectivity index (χ2v) is 13.8. The Labute approximate surface area is 296 Å². The Bertz CT molecular complexity index is 1880. The molecule has 0 spiro atoms. The van der Waals surface area contributed by atoms with Gasteiger partial charge >= 0.3 is 0 Å². The lowest BCUT2D eigenvalue weighted by Crippen LogP contribution is -2.38. The molecule has 4 aromatic rings. The Morgan fingerprint density at radius 3 is 2.37 bits per heavy atom. The summed E-state index contributed by atoms with van der Waals surface area (Å²) in [6.07, 6.45) is 7.85. The molecule has 1 unspecified atom stereocenters. The number of fused-ring (bicyclic) bond motifs is 1. The number of pyridine rings is 2. The minimum absolute atomic E-state index is 0.105. The first-order valence-electron chi connectivity index (χ1n) is 17.0. The van der Waals surface area contributed by atoms with Crippen molar-refractivity contribution < 1.29 is 14.3 Å². The maximum atomic E-state index is 11.6.